The third-order valence-corrected chi connectivity index (χ3v) is 3.12. The molecule has 0 spiro atoms. The van der Waals surface area contributed by atoms with Crippen molar-refractivity contribution in [3.63, 3.8) is 0 Å². The first-order valence-corrected chi connectivity index (χ1v) is 7.02. The summed E-state index contributed by atoms with van der Waals surface area (Å²) in [6, 6.07) is 10.5. The van der Waals surface area contributed by atoms with Crippen LogP contribution in [0.3, 0.4) is 0 Å². The highest BCUT2D eigenvalue weighted by Gasteiger charge is 2.15. The monoisotopic (exact) mass is 332 g/mol. The number of ether oxygens (including phenoxy) is 1. The van der Waals surface area contributed by atoms with Crippen LogP contribution in [0.15, 0.2) is 42.5 Å². The van der Waals surface area contributed by atoms with Gasteiger partial charge in [0.05, 0.1) is 18.2 Å². The number of halogens is 2. The number of hydrogen-bond acceptors (Lipinski definition) is 4. The number of anilines is 1. The zero-order valence-electron chi connectivity index (χ0n) is 12.5. The minimum absolute atomic E-state index is 0.00476. The average molecular weight is 332 g/mol. The Hall–Kier alpha value is -2.98. The number of amides is 1. The van der Waals surface area contributed by atoms with Crippen molar-refractivity contribution in [3.05, 3.63) is 59.7 Å². The smallest absolute Gasteiger partial charge is 0.227 e. The molecule has 5 nitrogen and oxygen atoms in total. The van der Waals surface area contributed by atoms with Crippen LogP contribution in [0.5, 0.6) is 5.75 Å². The van der Waals surface area contributed by atoms with Crippen molar-refractivity contribution in [2.45, 2.75) is 12.5 Å². The van der Waals surface area contributed by atoms with Crippen LogP contribution in [0.2, 0.25) is 0 Å². The fraction of sp³-hybridized carbons (Fsp3) is 0.176. The lowest BCUT2D eigenvalue weighted by Gasteiger charge is -2.13. The summed E-state index contributed by atoms with van der Waals surface area (Å²) in [6.07, 6.45) is -1.51. The maximum atomic E-state index is 13.2. The van der Waals surface area contributed by atoms with Gasteiger partial charge in [0, 0.05) is 6.07 Å². The van der Waals surface area contributed by atoms with Gasteiger partial charge in [-0.2, -0.15) is 5.26 Å². The van der Waals surface area contributed by atoms with E-state index in [9.17, 15) is 18.7 Å². The molecule has 1 unspecified atom stereocenters. The number of nitrogens with one attached hydrogen (secondary N) is 1. The Kier molecular flexibility index (Phi) is 5.82. The third kappa shape index (κ3) is 4.76. The molecule has 0 radical (unpaired) electrons. The van der Waals surface area contributed by atoms with Gasteiger partial charge in [0.15, 0.2) is 6.61 Å². The number of benzene rings is 2. The summed E-state index contributed by atoms with van der Waals surface area (Å²) < 4.78 is 31.4. The first kappa shape index (κ1) is 17.4. The lowest BCUT2D eigenvalue weighted by Crippen LogP contribution is -2.16. The molecule has 0 heterocycles. The number of nitriles is 1. The summed E-state index contributed by atoms with van der Waals surface area (Å²) in [5, 5.41) is 21.0. The zero-order chi connectivity index (χ0) is 17.5. The lowest BCUT2D eigenvalue weighted by atomic mass is 10.1. The standard InChI is InChI=1S/C17H14F2N2O3/c18-12-3-1-2-11(8-12)15(22)10-17(23)21-14-5-4-13(19)9-16(14)24-7-6-20/h1-5,8-9,15,22H,7,10H2,(H,21,23). The van der Waals surface area contributed by atoms with Crippen molar-refractivity contribution in [2.24, 2.45) is 0 Å². The third-order valence-electron chi connectivity index (χ3n) is 3.12. The van der Waals surface area contributed by atoms with Crippen LogP contribution in [-0.4, -0.2) is 17.6 Å². The molecule has 0 aliphatic heterocycles. The van der Waals surface area contributed by atoms with Crippen LogP contribution in [0.4, 0.5) is 14.5 Å². The van der Waals surface area contributed by atoms with E-state index in [4.69, 9.17) is 10.00 Å². The average Bonchev–Trinajstić information content (AvgIpc) is 2.55. The topological polar surface area (TPSA) is 82.3 Å². The zero-order valence-corrected chi connectivity index (χ0v) is 12.5. The molecule has 2 aromatic carbocycles. The van der Waals surface area contributed by atoms with Gasteiger partial charge in [-0.25, -0.2) is 8.78 Å². The van der Waals surface area contributed by atoms with Crippen LogP contribution < -0.4 is 10.1 Å². The van der Waals surface area contributed by atoms with Crippen LogP contribution in [0.1, 0.15) is 18.1 Å². The molecule has 2 aromatic rings. The second kappa shape index (κ2) is 8.04. The van der Waals surface area contributed by atoms with E-state index in [0.29, 0.717) is 0 Å². The number of aliphatic hydroxyl groups is 1. The van der Waals surface area contributed by atoms with Crippen molar-refractivity contribution < 1.29 is 23.4 Å². The van der Waals surface area contributed by atoms with Crippen molar-refractivity contribution in [2.75, 3.05) is 11.9 Å². The molecule has 0 fully saturated rings. The van der Waals surface area contributed by atoms with Gasteiger partial charge in [0.1, 0.15) is 23.5 Å². The summed E-state index contributed by atoms with van der Waals surface area (Å²) in [7, 11) is 0. The first-order valence-electron chi connectivity index (χ1n) is 7.02. The normalized spacial score (nSPS) is 11.4. The second-order valence-corrected chi connectivity index (χ2v) is 4.91. The predicted molar refractivity (Wildman–Crippen MR) is 82.1 cm³/mol. The van der Waals surface area contributed by atoms with E-state index < -0.39 is 23.6 Å². The number of aliphatic hydroxyl groups excluding tert-OH is 1. The Balaban J connectivity index is 2.05. The number of carbonyl (C=O) groups is 1. The summed E-state index contributed by atoms with van der Waals surface area (Å²) in [6.45, 7) is -0.307. The van der Waals surface area contributed by atoms with Gasteiger partial charge < -0.3 is 15.2 Å². The van der Waals surface area contributed by atoms with Gasteiger partial charge in [0.2, 0.25) is 5.91 Å². The molecular formula is C17H14F2N2O3. The molecule has 0 bridgehead atoms. The minimum atomic E-state index is -1.19. The van der Waals surface area contributed by atoms with E-state index in [0.717, 1.165) is 18.2 Å². The maximum Gasteiger partial charge on any atom is 0.227 e. The van der Waals surface area contributed by atoms with E-state index in [1.807, 2.05) is 0 Å². The molecule has 2 rings (SSSR count). The molecule has 1 amide bonds. The molecule has 0 aliphatic carbocycles. The lowest BCUT2D eigenvalue weighted by molar-refractivity contribution is -0.118. The highest BCUT2D eigenvalue weighted by atomic mass is 19.1. The van der Waals surface area contributed by atoms with Crippen molar-refractivity contribution in [1.82, 2.24) is 0 Å². The van der Waals surface area contributed by atoms with Crippen LogP contribution >= 0.6 is 0 Å². The molecule has 0 aromatic heterocycles. The van der Waals surface area contributed by atoms with E-state index in [1.54, 1.807) is 6.07 Å². The minimum Gasteiger partial charge on any atom is -0.476 e. The van der Waals surface area contributed by atoms with E-state index >= 15 is 0 Å². The van der Waals surface area contributed by atoms with Gasteiger partial charge in [-0.15, -0.1) is 0 Å². The highest BCUT2D eigenvalue weighted by Crippen LogP contribution is 2.26. The van der Waals surface area contributed by atoms with Gasteiger partial charge in [-0.05, 0) is 29.8 Å². The van der Waals surface area contributed by atoms with Gasteiger partial charge in [-0.1, -0.05) is 12.1 Å². The van der Waals surface area contributed by atoms with Gasteiger partial charge >= 0.3 is 0 Å². The maximum absolute atomic E-state index is 13.2. The molecule has 7 heteroatoms. The van der Waals surface area contributed by atoms with Crippen LogP contribution in [-0.2, 0) is 4.79 Å². The molecular weight excluding hydrogens is 318 g/mol. The second-order valence-electron chi connectivity index (χ2n) is 4.91. The highest BCUT2D eigenvalue weighted by molar-refractivity contribution is 5.92. The van der Waals surface area contributed by atoms with Gasteiger partial charge in [0.25, 0.3) is 0 Å². The number of rotatable bonds is 6. The quantitative estimate of drug-likeness (QED) is 0.852. The van der Waals surface area contributed by atoms with E-state index in [1.165, 1.54) is 24.3 Å². The van der Waals surface area contributed by atoms with Gasteiger partial charge in [-0.3, -0.25) is 4.79 Å². The molecule has 1 atom stereocenters. The Morgan fingerprint density at radius 1 is 1.25 bits per heavy atom. The Labute approximate surface area is 137 Å². The molecule has 0 saturated heterocycles. The van der Waals surface area contributed by atoms with E-state index in [-0.39, 0.29) is 30.0 Å². The predicted octanol–water partition coefficient (Wildman–Crippen LogP) is 2.93. The molecule has 0 saturated carbocycles. The molecule has 124 valence electrons. The SMILES string of the molecule is N#CCOc1cc(F)ccc1NC(=O)CC(O)c1cccc(F)c1. The fourth-order valence-corrected chi connectivity index (χ4v) is 2.04. The van der Waals surface area contributed by atoms with Crippen molar-refractivity contribution in [1.29, 1.82) is 5.26 Å². The summed E-state index contributed by atoms with van der Waals surface area (Å²) in [4.78, 5) is 12.0. The Bertz CT molecular complexity index is 775. The molecule has 24 heavy (non-hydrogen) atoms. The molecule has 0 aliphatic rings. The van der Waals surface area contributed by atoms with Crippen LogP contribution in [0.25, 0.3) is 0 Å². The number of nitrogens with zero attached hydrogens (tertiary/aromatic N) is 1. The summed E-state index contributed by atoms with van der Waals surface area (Å²) >= 11 is 0. The number of carbonyl (C=O) groups excluding carboxylic acids is 1. The summed E-state index contributed by atoms with van der Waals surface area (Å²) in [5.41, 5.74) is 0.438. The first-order chi connectivity index (χ1) is 11.5. The largest absolute Gasteiger partial charge is 0.476 e. The number of hydrogen-bond donors (Lipinski definition) is 2. The van der Waals surface area contributed by atoms with Crippen LogP contribution in [0, 0.1) is 23.0 Å². The molecule has 2 N–H and O–H groups in total. The van der Waals surface area contributed by atoms with E-state index in [2.05, 4.69) is 5.32 Å². The fourth-order valence-electron chi connectivity index (χ4n) is 2.04. The summed E-state index contributed by atoms with van der Waals surface area (Å²) in [5.74, 6) is -1.66. The van der Waals surface area contributed by atoms with Crippen molar-refractivity contribution >= 4 is 11.6 Å². The Morgan fingerprint density at radius 3 is 2.71 bits per heavy atom. The Morgan fingerprint density at radius 2 is 2.00 bits per heavy atom. The van der Waals surface area contributed by atoms with Crippen molar-refractivity contribution in [3.8, 4) is 11.8 Å².